The first-order valence-corrected chi connectivity index (χ1v) is 12.5. The molecule has 2 aromatic carbocycles. The van der Waals surface area contributed by atoms with Gasteiger partial charge in [-0.25, -0.2) is 0 Å². The van der Waals surface area contributed by atoms with Crippen LogP contribution in [0.4, 0.5) is 11.4 Å². The van der Waals surface area contributed by atoms with Gasteiger partial charge in [0.1, 0.15) is 6.07 Å². The van der Waals surface area contributed by atoms with Crippen molar-refractivity contribution < 1.29 is 0 Å². The van der Waals surface area contributed by atoms with Gasteiger partial charge in [-0.05, 0) is 73.3 Å². The van der Waals surface area contributed by atoms with Crippen LogP contribution in [0.5, 0.6) is 0 Å². The number of hydrogen-bond donors (Lipinski definition) is 2. The van der Waals surface area contributed by atoms with Crippen molar-refractivity contribution in [1.29, 1.82) is 5.26 Å². The summed E-state index contributed by atoms with van der Waals surface area (Å²) in [5, 5.41) is 17.9. The van der Waals surface area contributed by atoms with Crippen molar-refractivity contribution in [3.63, 3.8) is 0 Å². The molecule has 1 aromatic heterocycles. The molecule has 3 aromatic rings. The first-order chi connectivity index (χ1) is 16.6. The van der Waals surface area contributed by atoms with Crippen LogP contribution in [-0.4, -0.2) is 54.2 Å². The van der Waals surface area contributed by atoms with E-state index in [0.29, 0.717) is 29.6 Å². The van der Waals surface area contributed by atoms with Crippen LogP contribution < -0.4 is 15.5 Å². The Balaban J connectivity index is 1.27. The summed E-state index contributed by atoms with van der Waals surface area (Å²) < 4.78 is 0. The maximum Gasteiger partial charge on any atom is 0.101 e. The summed E-state index contributed by atoms with van der Waals surface area (Å²) in [5.74, 6) is 0.649. The minimum absolute atomic E-state index is 0.456. The van der Waals surface area contributed by atoms with E-state index in [2.05, 4.69) is 75.7 Å². The highest BCUT2D eigenvalue weighted by atomic mass is 15.3. The van der Waals surface area contributed by atoms with E-state index in [4.69, 9.17) is 0 Å². The van der Waals surface area contributed by atoms with Gasteiger partial charge in [0.05, 0.1) is 11.1 Å². The maximum absolute atomic E-state index is 9.53. The van der Waals surface area contributed by atoms with Crippen molar-refractivity contribution in [3.05, 3.63) is 65.4 Å². The Bertz CT molecular complexity index is 1260. The fourth-order valence-electron chi connectivity index (χ4n) is 6.13. The first-order valence-electron chi connectivity index (χ1n) is 12.5. The van der Waals surface area contributed by atoms with Crippen LogP contribution >= 0.6 is 0 Å². The van der Waals surface area contributed by atoms with Gasteiger partial charge in [-0.1, -0.05) is 13.0 Å². The van der Waals surface area contributed by atoms with Crippen LogP contribution in [0.3, 0.4) is 0 Å². The van der Waals surface area contributed by atoms with Crippen molar-refractivity contribution in [2.45, 2.75) is 44.9 Å². The van der Waals surface area contributed by atoms with Crippen molar-refractivity contribution in [3.8, 4) is 6.07 Å². The Morgan fingerprint density at radius 1 is 1.09 bits per heavy atom. The van der Waals surface area contributed by atoms with Crippen LogP contribution in [-0.2, 0) is 13.0 Å². The third-order valence-electron chi connectivity index (χ3n) is 8.04. The average Bonchev–Trinajstić information content (AvgIpc) is 3.26. The molecule has 6 rings (SSSR count). The van der Waals surface area contributed by atoms with Gasteiger partial charge in [-0.15, -0.1) is 0 Å². The van der Waals surface area contributed by atoms with E-state index >= 15 is 0 Å². The van der Waals surface area contributed by atoms with E-state index in [1.807, 2.05) is 12.1 Å². The van der Waals surface area contributed by atoms with Crippen LogP contribution in [0.25, 0.3) is 10.9 Å². The zero-order chi connectivity index (χ0) is 23.2. The smallest absolute Gasteiger partial charge is 0.101 e. The second-order valence-electron chi connectivity index (χ2n) is 10.3. The lowest BCUT2D eigenvalue weighted by atomic mass is 9.89. The highest BCUT2D eigenvalue weighted by molar-refractivity contribution is 5.95. The molecule has 0 bridgehead atoms. The number of anilines is 2. The highest BCUT2D eigenvalue weighted by Gasteiger charge is 2.36. The van der Waals surface area contributed by atoms with Gasteiger partial charge in [0.15, 0.2) is 0 Å². The molecule has 0 radical (unpaired) electrons. The number of piperazine rings is 1. The standard InChI is InChI=1S/C28H32N6/c1-18-13-30-14-26(18)32-23-7-5-21-16-34-19(2)15-33(17-24(34)11-22(21)10-23)27-8-6-20(12-29)28-25(27)4-3-9-31-28/h3-10,18-19,24,26,30,32H,11,13-17H2,1-2H3/t18-,19+,24-,26+/m0/s1. The molecule has 0 amide bonds. The molecule has 2 N–H and O–H groups in total. The number of fused-ring (bicyclic) bond motifs is 3. The third kappa shape index (κ3) is 3.70. The molecule has 0 aliphatic carbocycles. The molecule has 34 heavy (non-hydrogen) atoms. The van der Waals surface area contributed by atoms with Gasteiger partial charge in [0.25, 0.3) is 0 Å². The third-order valence-corrected chi connectivity index (χ3v) is 8.04. The first kappa shape index (κ1) is 21.4. The quantitative estimate of drug-likeness (QED) is 0.631. The molecule has 4 atom stereocenters. The number of nitriles is 1. The minimum Gasteiger partial charge on any atom is -0.381 e. The Morgan fingerprint density at radius 2 is 2.00 bits per heavy atom. The number of benzene rings is 2. The Kier molecular flexibility index (Phi) is 5.40. The number of nitrogens with zero attached hydrogens (tertiary/aromatic N) is 4. The van der Waals surface area contributed by atoms with Gasteiger partial charge in [0.2, 0.25) is 0 Å². The van der Waals surface area contributed by atoms with Crippen LogP contribution in [0, 0.1) is 17.2 Å². The predicted molar refractivity (Wildman–Crippen MR) is 137 cm³/mol. The van der Waals surface area contributed by atoms with Gasteiger partial charge < -0.3 is 15.5 Å². The van der Waals surface area contributed by atoms with Crippen molar-refractivity contribution >= 4 is 22.3 Å². The van der Waals surface area contributed by atoms with Crippen molar-refractivity contribution in [2.75, 3.05) is 36.4 Å². The highest BCUT2D eigenvalue weighted by Crippen LogP contribution is 2.35. The van der Waals surface area contributed by atoms with E-state index in [-0.39, 0.29) is 0 Å². The molecule has 0 spiro atoms. The number of rotatable bonds is 3. The molecule has 0 saturated carbocycles. The topological polar surface area (TPSA) is 67.2 Å². The molecular formula is C28H32N6. The van der Waals surface area contributed by atoms with Crippen molar-refractivity contribution in [2.24, 2.45) is 5.92 Å². The number of pyridine rings is 1. The Hall–Kier alpha value is -3.14. The summed E-state index contributed by atoms with van der Waals surface area (Å²) in [6, 6.07) is 18.8. The van der Waals surface area contributed by atoms with Gasteiger partial charge in [-0.3, -0.25) is 9.88 Å². The molecular weight excluding hydrogens is 420 g/mol. The average molecular weight is 453 g/mol. The molecule has 2 fully saturated rings. The summed E-state index contributed by atoms with van der Waals surface area (Å²) in [6.07, 6.45) is 2.84. The summed E-state index contributed by atoms with van der Waals surface area (Å²) in [5.41, 5.74) is 6.83. The summed E-state index contributed by atoms with van der Waals surface area (Å²) in [7, 11) is 0. The van der Waals surface area contributed by atoms with E-state index in [0.717, 1.165) is 50.0 Å². The number of nitrogens with one attached hydrogen (secondary N) is 2. The molecule has 2 saturated heterocycles. The SMILES string of the molecule is C[C@@H]1CN(c2ccc(C#N)c3ncccc23)C[C@@H]2Cc3cc(N[C@@H]4CNC[C@@H]4C)ccc3CN21. The molecule has 6 nitrogen and oxygen atoms in total. The zero-order valence-electron chi connectivity index (χ0n) is 20.0. The molecule has 6 heteroatoms. The Labute approximate surface area is 201 Å². The molecule has 4 heterocycles. The largest absolute Gasteiger partial charge is 0.381 e. The number of hydrogen-bond acceptors (Lipinski definition) is 6. The van der Waals surface area contributed by atoms with E-state index in [9.17, 15) is 5.26 Å². The zero-order valence-corrected chi connectivity index (χ0v) is 20.0. The van der Waals surface area contributed by atoms with E-state index in [1.54, 1.807) is 6.20 Å². The van der Waals surface area contributed by atoms with Gasteiger partial charge >= 0.3 is 0 Å². The lowest BCUT2D eigenvalue weighted by Gasteiger charge is -2.49. The van der Waals surface area contributed by atoms with E-state index < -0.39 is 0 Å². The van der Waals surface area contributed by atoms with Crippen LogP contribution in [0.2, 0.25) is 0 Å². The van der Waals surface area contributed by atoms with Gasteiger partial charge in [0, 0.05) is 67.3 Å². The minimum atomic E-state index is 0.456. The molecule has 0 unspecified atom stereocenters. The van der Waals surface area contributed by atoms with Gasteiger partial charge in [-0.2, -0.15) is 5.26 Å². The fraction of sp³-hybridized carbons (Fsp3) is 0.429. The Morgan fingerprint density at radius 3 is 2.82 bits per heavy atom. The molecule has 3 aliphatic rings. The molecule has 174 valence electrons. The second-order valence-corrected chi connectivity index (χ2v) is 10.3. The summed E-state index contributed by atoms with van der Waals surface area (Å²) in [4.78, 5) is 9.71. The lowest BCUT2D eigenvalue weighted by molar-refractivity contribution is 0.101. The second kappa shape index (κ2) is 8.57. The maximum atomic E-state index is 9.53. The van der Waals surface area contributed by atoms with E-state index in [1.165, 1.54) is 22.5 Å². The fourth-order valence-corrected chi connectivity index (χ4v) is 6.13. The predicted octanol–water partition coefficient (Wildman–Crippen LogP) is 3.76. The van der Waals surface area contributed by atoms with Crippen LogP contribution in [0.15, 0.2) is 48.7 Å². The van der Waals surface area contributed by atoms with Crippen molar-refractivity contribution in [1.82, 2.24) is 15.2 Å². The molecule has 3 aliphatic heterocycles. The van der Waals surface area contributed by atoms with Crippen LogP contribution in [0.1, 0.15) is 30.5 Å². The summed E-state index contributed by atoms with van der Waals surface area (Å²) in [6.45, 7) is 9.77. The lowest BCUT2D eigenvalue weighted by Crippen LogP contribution is -2.59. The normalized spacial score (nSPS) is 26.7. The summed E-state index contributed by atoms with van der Waals surface area (Å²) >= 11 is 0. The monoisotopic (exact) mass is 452 g/mol. The number of aromatic nitrogens is 1.